The van der Waals surface area contributed by atoms with Crippen LogP contribution in [0.2, 0.25) is 0 Å². The van der Waals surface area contributed by atoms with Crippen molar-refractivity contribution >= 4 is 18.0 Å². The molecule has 21 heavy (non-hydrogen) atoms. The molecular formula is C13H21N3O5. The zero-order valence-electron chi connectivity index (χ0n) is 11.8. The Kier molecular flexibility index (Phi) is 5.00. The van der Waals surface area contributed by atoms with E-state index in [-0.39, 0.29) is 12.8 Å². The minimum atomic E-state index is -1.20. The van der Waals surface area contributed by atoms with Crippen molar-refractivity contribution in [3.8, 4) is 0 Å². The zero-order chi connectivity index (χ0) is 15.4. The monoisotopic (exact) mass is 299 g/mol. The number of hydrogen-bond donors (Lipinski definition) is 3. The third kappa shape index (κ3) is 4.07. The van der Waals surface area contributed by atoms with Crippen molar-refractivity contribution < 1.29 is 24.6 Å². The molecule has 118 valence electrons. The summed E-state index contributed by atoms with van der Waals surface area (Å²) in [6.45, 7) is 3.06. The SMILES string of the molecule is O=C(O)CC[C@H](NC(=O)N1CCN2CCCC2C1)C(=O)O. The van der Waals surface area contributed by atoms with Gasteiger partial charge in [-0.2, -0.15) is 0 Å². The lowest BCUT2D eigenvalue weighted by molar-refractivity contribution is -0.140. The van der Waals surface area contributed by atoms with Gasteiger partial charge >= 0.3 is 18.0 Å². The summed E-state index contributed by atoms with van der Waals surface area (Å²) in [4.78, 5) is 37.7. The topological polar surface area (TPSA) is 110 Å². The van der Waals surface area contributed by atoms with Crippen molar-refractivity contribution in [3.63, 3.8) is 0 Å². The predicted molar refractivity (Wildman–Crippen MR) is 73.0 cm³/mol. The highest BCUT2D eigenvalue weighted by Crippen LogP contribution is 2.21. The Morgan fingerprint density at radius 1 is 1.19 bits per heavy atom. The van der Waals surface area contributed by atoms with Gasteiger partial charge in [-0.3, -0.25) is 9.69 Å². The number of nitrogens with one attached hydrogen (secondary N) is 1. The van der Waals surface area contributed by atoms with Crippen LogP contribution >= 0.6 is 0 Å². The average molecular weight is 299 g/mol. The first-order valence-corrected chi connectivity index (χ1v) is 7.21. The summed E-state index contributed by atoms with van der Waals surface area (Å²) in [5.74, 6) is -2.28. The first-order valence-electron chi connectivity index (χ1n) is 7.21. The molecule has 2 rings (SSSR count). The highest BCUT2D eigenvalue weighted by atomic mass is 16.4. The maximum absolute atomic E-state index is 12.1. The molecule has 1 unspecified atom stereocenters. The molecule has 0 aromatic carbocycles. The van der Waals surface area contributed by atoms with Crippen molar-refractivity contribution in [2.45, 2.75) is 37.8 Å². The van der Waals surface area contributed by atoms with E-state index in [9.17, 15) is 14.4 Å². The molecule has 0 bridgehead atoms. The van der Waals surface area contributed by atoms with Crippen molar-refractivity contribution in [2.75, 3.05) is 26.2 Å². The smallest absolute Gasteiger partial charge is 0.326 e. The summed E-state index contributed by atoms with van der Waals surface area (Å²) in [5, 5.41) is 20.1. The number of nitrogens with zero attached hydrogens (tertiary/aromatic N) is 2. The number of piperazine rings is 1. The van der Waals surface area contributed by atoms with E-state index < -0.39 is 24.0 Å². The van der Waals surface area contributed by atoms with Crippen LogP contribution in [0.15, 0.2) is 0 Å². The van der Waals surface area contributed by atoms with E-state index in [4.69, 9.17) is 10.2 Å². The largest absolute Gasteiger partial charge is 0.481 e. The summed E-state index contributed by atoms with van der Waals surface area (Å²) >= 11 is 0. The molecule has 2 heterocycles. The molecule has 2 amide bonds. The van der Waals surface area contributed by atoms with E-state index in [0.29, 0.717) is 19.1 Å². The number of urea groups is 1. The molecular weight excluding hydrogens is 278 g/mol. The van der Waals surface area contributed by atoms with Crippen molar-refractivity contribution in [3.05, 3.63) is 0 Å². The second-order valence-electron chi connectivity index (χ2n) is 5.55. The van der Waals surface area contributed by atoms with Gasteiger partial charge in [-0.25, -0.2) is 9.59 Å². The van der Waals surface area contributed by atoms with E-state index >= 15 is 0 Å². The number of hydrogen-bond acceptors (Lipinski definition) is 4. The maximum Gasteiger partial charge on any atom is 0.326 e. The fourth-order valence-corrected chi connectivity index (χ4v) is 2.94. The van der Waals surface area contributed by atoms with Crippen LogP contribution < -0.4 is 5.32 Å². The van der Waals surface area contributed by atoms with E-state index in [1.165, 1.54) is 0 Å². The van der Waals surface area contributed by atoms with Crippen LogP contribution in [0.4, 0.5) is 4.79 Å². The van der Waals surface area contributed by atoms with Crippen molar-refractivity contribution in [1.29, 1.82) is 0 Å². The van der Waals surface area contributed by atoms with E-state index in [0.717, 1.165) is 25.9 Å². The fraction of sp³-hybridized carbons (Fsp3) is 0.769. The van der Waals surface area contributed by atoms with Crippen LogP contribution in [0.5, 0.6) is 0 Å². The Labute approximate surface area is 122 Å². The van der Waals surface area contributed by atoms with Gasteiger partial charge in [0.2, 0.25) is 0 Å². The standard InChI is InChI=1S/C13H21N3O5/c17-11(18)4-3-10(12(19)20)14-13(21)16-7-6-15-5-1-2-9(15)8-16/h9-10H,1-8H2,(H,14,21)(H,17,18)(H,19,20)/t9?,10-/m0/s1. The molecule has 0 saturated carbocycles. The van der Waals surface area contributed by atoms with Gasteiger partial charge in [-0.15, -0.1) is 0 Å². The van der Waals surface area contributed by atoms with Crippen LogP contribution in [-0.4, -0.2) is 76.2 Å². The molecule has 0 aliphatic carbocycles. The molecule has 2 atom stereocenters. The second kappa shape index (κ2) is 6.75. The lowest BCUT2D eigenvalue weighted by Gasteiger charge is -2.37. The summed E-state index contributed by atoms with van der Waals surface area (Å²) < 4.78 is 0. The Morgan fingerprint density at radius 3 is 2.62 bits per heavy atom. The molecule has 0 aromatic heterocycles. The quantitative estimate of drug-likeness (QED) is 0.648. The number of carboxylic acids is 2. The lowest BCUT2D eigenvalue weighted by atomic mass is 10.1. The molecule has 0 spiro atoms. The van der Waals surface area contributed by atoms with Gasteiger partial charge in [0.05, 0.1) is 0 Å². The van der Waals surface area contributed by atoms with Gasteiger partial charge in [0.1, 0.15) is 6.04 Å². The lowest BCUT2D eigenvalue weighted by Crippen LogP contribution is -2.56. The fourth-order valence-electron chi connectivity index (χ4n) is 2.94. The molecule has 2 aliphatic rings. The van der Waals surface area contributed by atoms with Crippen LogP contribution in [0.3, 0.4) is 0 Å². The van der Waals surface area contributed by atoms with Gasteiger partial charge in [0.15, 0.2) is 0 Å². The van der Waals surface area contributed by atoms with Crippen molar-refractivity contribution in [2.24, 2.45) is 0 Å². The zero-order valence-corrected chi connectivity index (χ0v) is 11.8. The molecule has 8 nitrogen and oxygen atoms in total. The first kappa shape index (κ1) is 15.6. The third-order valence-electron chi connectivity index (χ3n) is 4.12. The summed E-state index contributed by atoms with van der Waals surface area (Å²) in [6.07, 6.45) is 1.80. The Balaban J connectivity index is 1.86. The van der Waals surface area contributed by atoms with E-state index in [2.05, 4.69) is 10.2 Å². The minimum Gasteiger partial charge on any atom is -0.481 e. The molecule has 0 aromatic rings. The van der Waals surface area contributed by atoms with Gasteiger partial charge in [0, 0.05) is 32.1 Å². The van der Waals surface area contributed by atoms with Crippen molar-refractivity contribution in [1.82, 2.24) is 15.1 Å². The summed E-state index contributed by atoms with van der Waals surface area (Å²) in [6, 6.07) is -1.21. The molecule has 0 radical (unpaired) electrons. The highest BCUT2D eigenvalue weighted by Gasteiger charge is 2.33. The van der Waals surface area contributed by atoms with Gasteiger partial charge < -0.3 is 20.4 Å². The number of aliphatic carboxylic acids is 2. The van der Waals surface area contributed by atoms with Gasteiger partial charge in [0.25, 0.3) is 0 Å². The maximum atomic E-state index is 12.1. The number of amides is 2. The first-order chi connectivity index (χ1) is 9.97. The Hall–Kier alpha value is -1.83. The van der Waals surface area contributed by atoms with Crippen LogP contribution in [0.25, 0.3) is 0 Å². The molecule has 2 fully saturated rings. The Morgan fingerprint density at radius 2 is 1.95 bits per heavy atom. The minimum absolute atomic E-state index is 0.111. The summed E-state index contributed by atoms with van der Waals surface area (Å²) in [5.41, 5.74) is 0. The Bertz CT molecular complexity index is 428. The van der Waals surface area contributed by atoms with Crippen LogP contribution in [0, 0.1) is 0 Å². The number of rotatable bonds is 5. The normalized spacial score (nSPS) is 23.4. The van der Waals surface area contributed by atoms with E-state index in [1.54, 1.807) is 4.90 Å². The molecule has 2 aliphatic heterocycles. The predicted octanol–water partition coefficient (Wildman–Crippen LogP) is -0.206. The molecule has 3 N–H and O–H groups in total. The van der Waals surface area contributed by atoms with Crippen LogP contribution in [0.1, 0.15) is 25.7 Å². The number of carboxylic acid groups (broad SMARTS) is 2. The third-order valence-corrected chi connectivity index (χ3v) is 4.12. The number of carbonyl (C=O) groups is 3. The summed E-state index contributed by atoms with van der Waals surface area (Å²) in [7, 11) is 0. The van der Waals surface area contributed by atoms with Gasteiger partial charge in [-0.1, -0.05) is 0 Å². The highest BCUT2D eigenvalue weighted by molar-refractivity contribution is 5.83. The number of fused-ring (bicyclic) bond motifs is 1. The second-order valence-corrected chi connectivity index (χ2v) is 5.55. The molecule has 8 heteroatoms. The average Bonchev–Trinajstić information content (AvgIpc) is 2.89. The van der Waals surface area contributed by atoms with Gasteiger partial charge in [-0.05, 0) is 25.8 Å². The number of carbonyl (C=O) groups excluding carboxylic acids is 1. The molecule has 2 saturated heterocycles. The van der Waals surface area contributed by atoms with E-state index in [1.807, 2.05) is 0 Å². The van der Waals surface area contributed by atoms with Crippen LogP contribution in [-0.2, 0) is 9.59 Å².